The molecule has 0 radical (unpaired) electrons. The summed E-state index contributed by atoms with van der Waals surface area (Å²) in [5.74, 6) is -5.05. The van der Waals surface area contributed by atoms with Gasteiger partial charge >= 0.3 is 6.09 Å². The molecule has 2 amide bonds. The first-order valence-electron chi connectivity index (χ1n) is 13.8. The van der Waals surface area contributed by atoms with E-state index in [0.29, 0.717) is 32.0 Å². The predicted molar refractivity (Wildman–Crippen MR) is 137 cm³/mol. The maximum atomic E-state index is 13.0. The zero-order valence-corrected chi connectivity index (χ0v) is 22.7. The van der Waals surface area contributed by atoms with E-state index in [9.17, 15) is 27.2 Å². The van der Waals surface area contributed by atoms with Gasteiger partial charge in [0.05, 0.1) is 26.2 Å². The highest BCUT2D eigenvalue weighted by molar-refractivity contribution is 5.86. The number of amides is 2. The Kier molecular flexibility index (Phi) is 10.9. The Morgan fingerprint density at radius 2 is 1.26 bits per heavy atom. The Balaban J connectivity index is 0.000000258. The van der Waals surface area contributed by atoms with Crippen LogP contribution in [0, 0.1) is 5.92 Å². The van der Waals surface area contributed by atoms with Crippen LogP contribution in [0.2, 0.25) is 0 Å². The second kappa shape index (κ2) is 13.3. The van der Waals surface area contributed by atoms with E-state index in [4.69, 9.17) is 5.11 Å². The summed E-state index contributed by atoms with van der Waals surface area (Å²) in [6, 6.07) is -0.169. The number of likely N-dealkylation sites (tertiary alicyclic amines) is 3. The molecule has 4 heterocycles. The van der Waals surface area contributed by atoms with Gasteiger partial charge in [-0.15, -0.1) is 12.4 Å². The van der Waals surface area contributed by atoms with Gasteiger partial charge in [0.2, 0.25) is 5.91 Å². The number of rotatable bonds is 5. The molecule has 5 rings (SSSR count). The number of hydrogen-bond donors (Lipinski definition) is 3. The highest BCUT2D eigenvalue weighted by atomic mass is 35.5. The number of halogens is 5. The lowest BCUT2D eigenvalue weighted by Gasteiger charge is -2.47. The zero-order valence-electron chi connectivity index (χ0n) is 21.9. The molecule has 8 nitrogen and oxygen atoms in total. The summed E-state index contributed by atoms with van der Waals surface area (Å²) in [6.07, 6.45) is 7.16. The van der Waals surface area contributed by atoms with Crippen molar-refractivity contribution in [1.29, 1.82) is 0 Å². The molecule has 1 unspecified atom stereocenters. The molecule has 0 bridgehead atoms. The van der Waals surface area contributed by atoms with Crippen LogP contribution >= 0.6 is 12.4 Å². The van der Waals surface area contributed by atoms with E-state index in [0.717, 1.165) is 58.0 Å². The van der Waals surface area contributed by atoms with Gasteiger partial charge in [0.15, 0.2) is 0 Å². The highest BCUT2D eigenvalue weighted by Gasteiger charge is 2.48. The number of piperidine rings is 2. The maximum absolute atomic E-state index is 13.0. The van der Waals surface area contributed by atoms with E-state index < -0.39 is 24.0 Å². The van der Waals surface area contributed by atoms with E-state index in [1.807, 2.05) is 4.90 Å². The van der Waals surface area contributed by atoms with Gasteiger partial charge in [0, 0.05) is 25.2 Å². The third-order valence-corrected chi connectivity index (χ3v) is 8.52. The van der Waals surface area contributed by atoms with Crippen LogP contribution in [0.25, 0.3) is 0 Å². The molecule has 4 saturated heterocycles. The average molecular weight is 572 g/mol. The summed E-state index contributed by atoms with van der Waals surface area (Å²) in [6.45, 7) is 2.58. The van der Waals surface area contributed by atoms with Crippen molar-refractivity contribution in [3.8, 4) is 0 Å². The SMILES string of the molecule is Cl.FC1(F)CN(C2CCNCC2)C1.O=C(O)NC(C(=O)N1CCC(N2CC(F)(F)C2)CC1)C1CCCCC1. The Bertz CT molecular complexity index is 775. The van der Waals surface area contributed by atoms with E-state index >= 15 is 0 Å². The van der Waals surface area contributed by atoms with Gasteiger partial charge in [-0.1, -0.05) is 19.3 Å². The van der Waals surface area contributed by atoms with Gasteiger partial charge in [0.1, 0.15) is 6.04 Å². The van der Waals surface area contributed by atoms with Crippen molar-refractivity contribution in [3.63, 3.8) is 0 Å². The molecule has 0 aromatic rings. The quantitative estimate of drug-likeness (QED) is 0.439. The lowest BCUT2D eigenvalue weighted by Crippen LogP contribution is -2.62. The summed E-state index contributed by atoms with van der Waals surface area (Å²) < 4.78 is 51.0. The van der Waals surface area contributed by atoms with Crippen LogP contribution in [0.5, 0.6) is 0 Å². The van der Waals surface area contributed by atoms with Crippen molar-refractivity contribution in [2.75, 3.05) is 52.4 Å². The number of carbonyl (C=O) groups is 2. The number of carboxylic acid groups (broad SMARTS) is 1. The third kappa shape index (κ3) is 8.32. The summed E-state index contributed by atoms with van der Waals surface area (Å²) in [5, 5.41) is 14.8. The topological polar surface area (TPSA) is 88.2 Å². The molecule has 1 aliphatic carbocycles. The average Bonchev–Trinajstić information content (AvgIpc) is 2.85. The fraction of sp³-hybridized carbons (Fsp3) is 0.920. The number of hydrogen-bond acceptors (Lipinski definition) is 5. The number of alkyl halides is 4. The molecule has 0 aromatic heterocycles. The van der Waals surface area contributed by atoms with Crippen LogP contribution in [0.1, 0.15) is 57.8 Å². The van der Waals surface area contributed by atoms with Gasteiger partial charge < -0.3 is 20.6 Å². The first kappa shape index (κ1) is 31.2. The van der Waals surface area contributed by atoms with Crippen LogP contribution in [0.4, 0.5) is 22.4 Å². The molecular weight excluding hydrogens is 530 g/mol. The maximum Gasteiger partial charge on any atom is 0.405 e. The molecule has 38 heavy (non-hydrogen) atoms. The lowest BCUT2D eigenvalue weighted by molar-refractivity contribution is -0.155. The fourth-order valence-corrected chi connectivity index (χ4v) is 6.41. The molecule has 1 saturated carbocycles. The number of nitrogens with zero attached hydrogens (tertiary/aromatic N) is 3. The minimum absolute atomic E-state index is 0. The molecule has 4 aliphatic heterocycles. The third-order valence-electron chi connectivity index (χ3n) is 8.52. The second-order valence-corrected chi connectivity index (χ2v) is 11.4. The van der Waals surface area contributed by atoms with Gasteiger partial charge in [-0.05, 0) is 57.5 Å². The Morgan fingerprint density at radius 1 is 0.789 bits per heavy atom. The molecule has 13 heteroatoms. The second-order valence-electron chi connectivity index (χ2n) is 11.4. The van der Waals surface area contributed by atoms with Gasteiger partial charge in [-0.25, -0.2) is 22.4 Å². The fourth-order valence-electron chi connectivity index (χ4n) is 6.41. The van der Waals surface area contributed by atoms with Crippen LogP contribution in [0.15, 0.2) is 0 Å². The number of nitrogens with one attached hydrogen (secondary N) is 2. The van der Waals surface area contributed by atoms with Gasteiger partial charge in [0.25, 0.3) is 11.8 Å². The van der Waals surface area contributed by atoms with Crippen LogP contribution in [0.3, 0.4) is 0 Å². The molecule has 1 atom stereocenters. The Morgan fingerprint density at radius 3 is 1.71 bits per heavy atom. The summed E-state index contributed by atoms with van der Waals surface area (Å²) in [7, 11) is 0. The van der Waals surface area contributed by atoms with E-state index in [2.05, 4.69) is 10.6 Å². The van der Waals surface area contributed by atoms with Crippen molar-refractivity contribution < 1.29 is 32.3 Å². The summed E-state index contributed by atoms with van der Waals surface area (Å²) >= 11 is 0. The monoisotopic (exact) mass is 571 g/mol. The van der Waals surface area contributed by atoms with Crippen molar-refractivity contribution in [2.24, 2.45) is 5.92 Å². The summed E-state index contributed by atoms with van der Waals surface area (Å²) in [4.78, 5) is 29.4. The van der Waals surface area contributed by atoms with Crippen molar-refractivity contribution >= 4 is 24.4 Å². The van der Waals surface area contributed by atoms with Crippen molar-refractivity contribution in [1.82, 2.24) is 25.3 Å². The van der Waals surface area contributed by atoms with Gasteiger partial charge in [-0.2, -0.15) is 0 Å². The largest absolute Gasteiger partial charge is 0.465 e. The van der Waals surface area contributed by atoms with Gasteiger partial charge in [-0.3, -0.25) is 14.6 Å². The van der Waals surface area contributed by atoms with E-state index in [1.54, 1.807) is 9.80 Å². The molecule has 0 aromatic carbocycles. The van der Waals surface area contributed by atoms with Crippen molar-refractivity contribution in [2.45, 2.75) is 87.8 Å². The minimum atomic E-state index is -2.57. The molecule has 220 valence electrons. The molecule has 5 aliphatic rings. The smallest absolute Gasteiger partial charge is 0.405 e. The molecular formula is C25H42ClF4N5O3. The van der Waals surface area contributed by atoms with Crippen LogP contribution in [-0.4, -0.2) is 114 Å². The van der Waals surface area contributed by atoms with Crippen LogP contribution < -0.4 is 10.6 Å². The first-order chi connectivity index (χ1) is 17.5. The standard InChI is InChI=1S/C17H27F2N3O3.C8H14F2N2.ClH/c18-17(19)10-22(11-17)13-6-8-21(9-7-13)15(23)14(20-16(24)25)12-4-2-1-3-5-12;9-8(10)5-12(6-8)7-1-3-11-4-2-7;/h12-14,20H,1-11H2,(H,24,25);7,11H,1-6H2;1H. The first-order valence-corrected chi connectivity index (χ1v) is 13.8. The van der Waals surface area contributed by atoms with E-state index in [-0.39, 0.29) is 56.5 Å². The summed E-state index contributed by atoms with van der Waals surface area (Å²) in [5.41, 5.74) is 0. The predicted octanol–water partition coefficient (Wildman–Crippen LogP) is 3.26. The molecule has 5 fully saturated rings. The van der Waals surface area contributed by atoms with Crippen LogP contribution in [-0.2, 0) is 4.79 Å². The molecule has 3 N–H and O–H groups in total. The lowest BCUT2D eigenvalue weighted by atomic mass is 9.83. The Hall–Kier alpha value is -1.37. The van der Waals surface area contributed by atoms with E-state index in [1.165, 1.54) is 0 Å². The Labute approximate surface area is 228 Å². The number of carbonyl (C=O) groups excluding carboxylic acids is 1. The van der Waals surface area contributed by atoms with Crippen molar-refractivity contribution in [3.05, 3.63) is 0 Å². The zero-order chi connectivity index (χ0) is 26.6. The highest BCUT2D eigenvalue weighted by Crippen LogP contribution is 2.33. The molecule has 0 spiro atoms. The minimum Gasteiger partial charge on any atom is -0.465 e. The normalized spacial score (nSPS) is 27.5.